The van der Waals surface area contributed by atoms with E-state index in [9.17, 15) is 4.79 Å². The predicted molar refractivity (Wildman–Crippen MR) is 52.8 cm³/mol. The minimum Gasteiger partial charge on any atom is -0.354 e. The van der Waals surface area contributed by atoms with E-state index < -0.39 is 0 Å². The molecule has 0 aromatic heterocycles. The molecule has 3 aliphatic rings. The molecular weight excluding hydrogens is 178 g/mol. The van der Waals surface area contributed by atoms with Gasteiger partial charge in [-0.05, 0) is 30.8 Å². The molecule has 2 atom stereocenters. The highest BCUT2D eigenvalue weighted by atomic mass is 16.2. The van der Waals surface area contributed by atoms with Gasteiger partial charge in [0.05, 0.1) is 6.54 Å². The van der Waals surface area contributed by atoms with Crippen LogP contribution in [0.5, 0.6) is 0 Å². The molecule has 0 aromatic carbocycles. The first kappa shape index (κ1) is 8.68. The van der Waals surface area contributed by atoms with Crippen LogP contribution in [0.15, 0.2) is 0 Å². The molecule has 78 valence electrons. The highest BCUT2D eigenvalue weighted by Gasteiger charge is 2.52. The van der Waals surface area contributed by atoms with Gasteiger partial charge in [0, 0.05) is 19.6 Å². The van der Waals surface area contributed by atoms with Crippen LogP contribution in [0.25, 0.3) is 0 Å². The number of carbonyl (C=O) groups is 1. The van der Waals surface area contributed by atoms with Crippen LogP contribution in [0.2, 0.25) is 0 Å². The van der Waals surface area contributed by atoms with Crippen LogP contribution in [0, 0.1) is 17.8 Å². The number of amides is 1. The van der Waals surface area contributed by atoms with Gasteiger partial charge in [-0.3, -0.25) is 9.69 Å². The number of nitrogens with one attached hydrogen (secondary N) is 2. The lowest BCUT2D eigenvalue weighted by atomic mass is 10.2. The normalized spacial score (nSPS) is 42.0. The van der Waals surface area contributed by atoms with Crippen LogP contribution in [0.1, 0.15) is 0 Å². The second kappa shape index (κ2) is 3.21. The Morgan fingerprint density at radius 3 is 2.86 bits per heavy atom. The van der Waals surface area contributed by atoms with Crippen molar-refractivity contribution in [2.24, 2.45) is 17.8 Å². The predicted octanol–water partition coefficient (Wildman–Crippen LogP) is -1.12. The molecule has 2 heterocycles. The van der Waals surface area contributed by atoms with Gasteiger partial charge in [0.25, 0.3) is 0 Å². The highest BCUT2D eigenvalue weighted by molar-refractivity contribution is 5.78. The molecule has 3 rings (SSSR count). The van der Waals surface area contributed by atoms with Gasteiger partial charge in [0.15, 0.2) is 0 Å². The van der Waals surface area contributed by atoms with E-state index in [4.69, 9.17) is 0 Å². The monoisotopic (exact) mass is 195 g/mol. The summed E-state index contributed by atoms with van der Waals surface area (Å²) in [7, 11) is 0. The van der Waals surface area contributed by atoms with Gasteiger partial charge in [0.1, 0.15) is 0 Å². The van der Waals surface area contributed by atoms with E-state index in [1.807, 2.05) is 0 Å². The lowest BCUT2D eigenvalue weighted by Crippen LogP contribution is -2.48. The van der Waals surface area contributed by atoms with E-state index in [1.165, 1.54) is 13.1 Å². The third kappa shape index (κ3) is 1.42. The van der Waals surface area contributed by atoms with Gasteiger partial charge in [0.2, 0.25) is 5.91 Å². The van der Waals surface area contributed by atoms with Crippen LogP contribution in [-0.2, 0) is 4.79 Å². The van der Waals surface area contributed by atoms with Gasteiger partial charge in [-0.1, -0.05) is 0 Å². The Morgan fingerprint density at radius 2 is 2.14 bits per heavy atom. The Hall–Kier alpha value is -0.610. The third-order valence-corrected chi connectivity index (χ3v) is 3.86. The van der Waals surface area contributed by atoms with Gasteiger partial charge < -0.3 is 10.6 Å². The summed E-state index contributed by atoms with van der Waals surface area (Å²) >= 11 is 0. The van der Waals surface area contributed by atoms with E-state index in [2.05, 4.69) is 15.5 Å². The maximum absolute atomic E-state index is 11.2. The maximum Gasteiger partial charge on any atom is 0.234 e. The molecule has 2 saturated heterocycles. The average molecular weight is 195 g/mol. The van der Waals surface area contributed by atoms with Crippen LogP contribution >= 0.6 is 0 Å². The smallest absolute Gasteiger partial charge is 0.234 e. The second-order valence-corrected chi connectivity index (χ2v) is 4.73. The Labute approximate surface area is 84.0 Å². The van der Waals surface area contributed by atoms with Gasteiger partial charge in [-0.25, -0.2) is 0 Å². The summed E-state index contributed by atoms with van der Waals surface area (Å²) < 4.78 is 0. The van der Waals surface area contributed by atoms with Crippen molar-refractivity contribution in [2.75, 3.05) is 39.3 Å². The summed E-state index contributed by atoms with van der Waals surface area (Å²) in [4.78, 5) is 13.5. The summed E-state index contributed by atoms with van der Waals surface area (Å²) in [5.41, 5.74) is 0. The summed E-state index contributed by atoms with van der Waals surface area (Å²) in [6.07, 6.45) is 0. The minimum atomic E-state index is 0.195. The Morgan fingerprint density at radius 1 is 1.36 bits per heavy atom. The lowest BCUT2D eigenvalue weighted by Gasteiger charge is -2.26. The van der Waals surface area contributed by atoms with Crippen molar-refractivity contribution in [3.63, 3.8) is 0 Å². The number of fused-ring (bicyclic) bond motifs is 1. The maximum atomic E-state index is 11.2. The number of piperidine rings is 1. The first-order valence-electron chi connectivity index (χ1n) is 5.54. The SMILES string of the molecule is O=C1CN(CC2C3CNCC32)CCN1. The van der Waals surface area contributed by atoms with Crippen molar-refractivity contribution in [1.82, 2.24) is 15.5 Å². The number of piperazine rings is 1. The Kier molecular flexibility index (Phi) is 1.99. The van der Waals surface area contributed by atoms with Crippen molar-refractivity contribution in [1.29, 1.82) is 0 Å². The van der Waals surface area contributed by atoms with Crippen LogP contribution < -0.4 is 10.6 Å². The summed E-state index contributed by atoms with van der Waals surface area (Å²) in [5.74, 6) is 2.90. The fourth-order valence-corrected chi connectivity index (χ4v) is 2.96. The highest BCUT2D eigenvalue weighted by Crippen LogP contribution is 2.48. The summed E-state index contributed by atoms with van der Waals surface area (Å²) in [6.45, 7) is 6.03. The van der Waals surface area contributed by atoms with E-state index in [0.717, 1.165) is 37.4 Å². The van der Waals surface area contributed by atoms with Crippen LogP contribution in [-0.4, -0.2) is 50.1 Å². The van der Waals surface area contributed by atoms with E-state index in [1.54, 1.807) is 0 Å². The molecule has 2 N–H and O–H groups in total. The fourth-order valence-electron chi connectivity index (χ4n) is 2.96. The fraction of sp³-hybridized carbons (Fsp3) is 0.900. The van der Waals surface area contributed by atoms with Crippen molar-refractivity contribution in [3.8, 4) is 0 Å². The van der Waals surface area contributed by atoms with Crippen LogP contribution in [0.3, 0.4) is 0 Å². The number of hydrogen-bond donors (Lipinski definition) is 2. The summed E-state index contributed by atoms with van der Waals surface area (Å²) in [6, 6.07) is 0. The molecular formula is C10H17N3O. The molecule has 1 amide bonds. The molecule has 4 nitrogen and oxygen atoms in total. The molecule has 0 radical (unpaired) electrons. The number of hydrogen-bond acceptors (Lipinski definition) is 3. The molecule has 14 heavy (non-hydrogen) atoms. The van der Waals surface area contributed by atoms with Crippen molar-refractivity contribution < 1.29 is 4.79 Å². The molecule has 2 aliphatic heterocycles. The van der Waals surface area contributed by atoms with E-state index in [-0.39, 0.29) is 5.91 Å². The molecule has 1 aliphatic carbocycles. The van der Waals surface area contributed by atoms with Crippen molar-refractivity contribution in [2.45, 2.75) is 0 Å². The lowest BCUT2D eigenvalue weighted by molar-refractivity contribution is -0.124. The van der Waals surface area contributed by atoms with Gasteiger partial charge in [-0.2, -0.15) is 0 Å². The Balaban J connectivity index is 1.51. The topological polar surface area (TPSA) is 44.4 Å². The number of rotatable bonds is 2. The minimum absolute atomic E-state index is 0.195. The average Bonchev–Trinajstić information content (AvgIpc) is 2.62. The molecule has 1 saturated carbocycles. The largest absolute Gasteiger partial charge is 0.354 e. The third-order valence-electron chi connectivity index (χ3n) is 3.86. The summed E-state index contributed by atoms with van der Waals surface area (Å²) in [5, 5.41) is 6.26. The second-order valence-electron chi connectivity index (χ2n) is 4.73. The Bertz CT molecular complexity index is 246. The standard InChI is InChI=1S/C10H17N3O/c14-10-6-13(2-1-12-10)5-9-7-3-11-4-8(7)9/h7-9,11H,1-6H2,(H,12,14). The van der Waals surface area contributed by atoms with E-state index >= 15 is 0 Å². The molecule has 2 unspecified atom stereocenters. The quantitative estimate of drug-likeness (QED) is 0.587. The van der Waals surface area contributed by atoms with E-state index in [0.29, 0.717) is 6.54 Å². The molecule has 0 spiro atoms. The molecule has 0 bridgehead atoms. The van der Waals surface area contributed by atoms with Gasteiger partial charge in [-0.15, -0.1) is 0 Å². The molecule has 0 aromatic rings. The first-order chi connectivity index (χ1) is 6.84. The zero-order chi connectivity index (χ0) is 9.54. The zero-order valence-corrected chi connectivity index (χ0v) is 8.33. The van der Waals surface area contributed by atoms with Crippen molar-refractivity contribution in [3.05, 3.63) is 0 Å². The molecule has 3 fully saturated rings. The zero-order valence-electron chi connectivity index (χ0n) is 8.33. The number of nitrogens with zero attached hydrogens (tertiary/aromatic N) is 1. The van der Waals surface area contributed by atoms with Crippen molar-refractivity contribution >= 4 is 5.91 Å². The van der Waals surface area contributed by atoms with Gasteiger partial charge >= 0.3 is 0 Å². The first-order valence-corrected chi connectivity index (χ1v) is 5.54. The molecule has 4 heteroatoms. The number of carbonyl (C=O) groups excluding carboxylic acids is 1. The van der Waals surface area contributed by atoms with Crippen LogP contribution in [0.4, 0.5) is 0 Å².